The number of nitrogens with zero attached hydrogens (tertiary/aromatic N) is 3. The van der Waals surface area contributed by atoms with Crippen molar-refractivity contribution in [3.63, 3.8) is 0 Å². The summed E-state index contributed by atoms with van der Waals surface area (Å²) in [6.45, 7) is 2.60. The van der Waals surface area contributed by atoms with Gasteiger partial charge in [-0.15, -0.1) is 0 Å². The van der Waals surface area contributed by atoms with E-state index in [0.717, 1.165) is 11.3 Å². The zero-order valence-corrected chi connectivity index (χ0v) is 14.9. The number of hydrogen-bond donors (Lipinski definition) is 1. The highest BCUT2D eigenvalue weighted by molar-refractivity contribution is 6.01. The van der Waals surface area contributed by atoms with Crippen molar-refractivity contribution < 1.29 is 13.6 Å². The molecule has 2 aromatic heterocycles. The lowest BCUT2D eigenvalue weighted by Crippen LogP contribution is -2.24. The Morgan fingerprint density at radius 2 is 2.19 bits per heavy atom. The maximum absolute atomic E-state index is 14.2. The third kappa shape index (κ3) is 3.25. The molecule has 1 aliphatic heterocycles. The van der Waals surface area contributed by atoms with Crippen LogP contribution in [0.5, 0.6) is 0 Å². The van der Waals surface area contributed by atoms with Crippen LogP contribution in [0, 0.1) is 5.82 Å². The number of halogens is 2. The molecule has 0 bridgehead atoms. The summed E-state index contributed by atoms with van der Waals surface area (Å²) in [4.78, 5) is 14.2. The zero-order valence-electron chi connectivity index (χ0n) is 14.9. The summed E-state index contributed by atoms with van der Waals surface area (Å²) in [5.41, 5.74) is 2.64. The van der Waals surface area contributed by atoms with Crippen molar-refractivity contribution in [1.82, 2.24) is 14.9 Å². The Morgan fingerprint density at radius 1 is 1.33 bits per heavy atom. The highest BCUT2D eigenvalue weighted by Crippen LogP contribution is 2.38. The summed E-state index contributed by atoms with van der Waals surface area (Å²) in [6, 6.07) is 9.71. The first-order valence-electron chi connectivity index (χ1n) is 8.98. The van der Waals surface area contributed by atoms with Crippen LogP contribution in [-0.4, -0.2) is 34.8 Å². The molecule has 0 saturated carbocycles. The number of anilines is 1. The summed E-state index contributed by atoms with van der Waals surface area (Å²) >= 11 is 0. The van der Waals surface area contributed by atoms with E-state index in [4.69, 9.17) is 0 Å². The van der Waals surface area contributed by atoms with E-state index in [-0.39, 0.29) is 24.3 Å². The van der Waals surface area contributed by atoms with Gasteiger partial charge < -0.3 is 10.2 Å². The van der Waals surface area contributed by atoms with E-state index < -0.39 is 6.17 Å². The summed E-state index contributed by atoms with van der Waals surface area (Å²) in [5.74, 6) is -0.532. The molecule has 1 aromatic carbocycles. The first-order chi connectivity index (χ1) is 13.1. The lowest BCUT2D eigenvalue weighted by molar-refractivity contribution is 0.0957. The SMILES string of the molecule is CCNC(=O)c1cnn2ccc(N3C[C@@H](F)C[C@@H]3c3cccc(F)c3)cc12. The van der Waals surface area contributed by atoms with Gasteiger partial charge in [-0.3, -0.25) is 4.79 Å². The van der Waals surface area contributed by atoms with Gasteiger partial charge in [0.1, 0.15) is 12.0 Å². The summed E-state index contributed by atoms with van der Waals surface area (Å²) in [5, 5.41) is 6.98. The number of alkyl halides is 1. The Bertz CT molecular complexity index is 987. The van der Waals surface area contributed by atoms with Gasteiger partial charge in [0.2, 0.25) is 0 Å². The highest BCUT2D eigenvalue weighted by Gasteiger charge is 2.33. The van der Waals surface area contributed by atoms with E-state index in [1.165, 1.54) is 18.3 Å². The number of carbonyl (C=O) groups is 1. The number of carbonyl (C=O) groups excluding carboxylic acids is 1. The van der Waals surface area contributed by atoms with Crippen molar-refractivity contribution in [2.24, 2.45) is 0 Å². The molecule has 2 atom stereocenters. The third-order valence-corrected chi connectivity index (χ3v) is 4.90. The van der Waals surface area contributed by atoms with Crippen molar-refractivity contribution in [2.75, 3.05) is 18.0 Å². The lowest BCUT2D eigenvalue weighted by Gasteiger charge is -2.27. The van der Waals surface area contributed by atoms with Gasteiger partial charge in [0, 0.05) is 31.4 Å². The first kappa shape index (κ1) is 17.5. The maximum atomic E-state index is 14.2. The summed E-state index contributed by atoms with van der Waals surface area (Å²) in [6.07, 6.45) is 2.58. The van der Waals surface area contributed by atoms with E-state index in [2.05, 4.69) is 10.4 Å². The van der Waals surface area contributed by atoms with Gasteiger partial charge in [0.25, 0.3) is 5.91 Å². The molecule has 1 fully saturated rings. The summed E-state index contributed by atoms with van der Waals surface area (Å²) < 4.78 is 29.5. The topological polar surface area (TPSA) is 49.6 Å². The van der Waals surface area contributed by atoms with Gasteiger partial charge in [-0.2, -0.15) is 5.10 Å². The number of nitrogens with one attached hydrogen (secondary N) is 1. The van der Waals surface area contributed by atoms with Gasteiger partial charge in [-0.05, 0) is 36.8 Å². The Balaban J connectivity index is 1.73. The van der Waals surface area contributed by atoms with Crippen LogP contribution in [0.1, 0.15) is 35.3 Å². The molecule has 1 saturated heterocycles. The Labute approximate surface area is 155 Å². The third-order valence-electron chi connectivity index (χ3n) is 4.90. The number of fused-ring (bicyclic) bond motifs is 1. The van der Waals surface area contributed by atoms with Crippen LogP contribution in [0.25, 0.3) is 5.52 Å². The fourth-order valence-corrected chi connectivity index (χ4v) is 3.68. The number of benzene rings is 1. The van der Waals surface area contributed by atoms with Gasteiger partial charge in [0.05, 0.1) is 23.3 Å². The Kier molecular flexibility index (Phi) is 4.51. The van der Waals surface area contributed by atoms with Crippen molar-refractivity contribution >= 4 is 17.1 Å². The molecule has 1 aliphatic rings. The van der Waals surface area contributed by atoms with E-state index in [1.807, 2.05) is 30.0 Å². The molecule has 27 heavy (non-hydrogen) atoms. The van der Waals surface area contributed by atoms with Gasteiger partial charge in [-0.1, -0.05) is 12.1 Å². The van der Waals surface area contributed by atoms with Crippen LogP contribution in [0.2, 0.25) is 0 Å². The molecule has 140 valence electrons. The molecule has 0 radical (unpaired) electrons. The highest BCUT2D eigenvalue weighted by atomic mass is 19.1. The molecule has 5 nitrogen and oxygen atoms in total. The number of aromatic nitrogens is 2. The Hall–Kier alpha value is -2.96. The molecule has 7 heteroatoms. The molecular formula is C20H20F2N4O. The molecular weight excluding hydrogens is 350 g/mol. The van der Waals surface area contributed by atoms with Crippen molar-refractivity contribution in [1.29, 1.82) is 0 Å². The van der Waals surface area contributed by atoms with Crippen molar-refractivity contribution in [3.8, 4) is 0 Å². The quantitative estimate of drug-likeness (QED) is 0.765. The van der Waals surface area contributed by atoms with Gasteiger partial charge >= 0.3 is 0 Å². The first-order valence-corrected chi connectivity index (χ1v) is 8.98. The molecule has 1 amide bonds. The monoisotopic (exact) mass is 370 g/mol. The predicted octanol–water partition coefficient (Wildman–Crippen LogP) is 3.51. The van der Waals surface area contributed by atoms with Crippen LogP contribution in [0.15, 0.2) is 48.8 Å². The molecule has 4 rings (SSSR count). The fraction of sp³-hybridized carbons (Fsp3) is 0.300. The fourth-order valence-electron chi connectivity index (χ4n) is 3.68. The molecule has 3 aromatic rings. The maximum Gasteiger partial charge on any atom is 0.255 e. The van der Waals surface area contributed by atoms with Crippen LogP contribution >= 0.6 is 0 Å². The number of pyridine rings is 1. The van der Waals surface area contributed by atoms with E-state index >= 15 is 0 Å². The van der Waals surface area contributed by atoms with Crippen LogP contribution in [0.3, 0.4) is 0 Å². The van der Waals surface area contributed by atoms with E-state index in [9.17, 15) is 13.6 Å². The molecule has 3 heterocycles. The van der Waals surface area contributed by atoms with E-state index in [1.54, 1.807) is 16.8 Å². The number of rotatable bonds is 4. The van der Waals surface area contributed by atoms with Crippen LogP contribution in [-0.2, 0) is 0 Å². The molecule has 0 aliphatic carbocycles. The summed E-state index contributed by atoms with van der Waals surface area (Å²) in [7, 11) is 0. The second-order valence-corrected chi connectivity index (χ2v) is 6.69. The van der Waals surface area contributed by atoms with Crippen LogP contribution < -0.4 is 10.2 Å². The molecule has 0 unspecified atom stereocenters. The Morgan fingerprint density at radius 3 is 2.96 bits per heavy atom. The minimum atomic E-state index is -0.998. The predicted molar refractivity (Wildman–Crippen MR) is 99.2 cm³/mol. The average molecular weight is 370 g/mol. The number of amides is 1. The zero-order chi connectivity index (χ0) is 19.0. The second kappa shape index (κ2) is 6.98. The van der Waals surface area contributed by atoms with Crippen molar-refractivity contribution in [2.45, 2.75) is 25.6 Å². The molecule has 1 N–H and O–H groups in total. The molecule has 0 spiro atoms. The van der Waals surface area contributed by atoms with Crippen LogP contribution in [0.4, 0.5) is 14.5 Å². The van der Waals surface area contributed by atoms with Gasteiger partial charge in [-0.25, -0.2) is 13.3 Å². The lowest BCUT2D eigenvalue weighted by atomic mass is 10.0. The standard InChI is InChI=1S/C20H20F2N4O/c1-2-23-20(27)17-11-24-26-7-6-16(10-19(17)26)25-12-15(22)9-18(25)13-4-3-5-14(21)8-13/h3-8,10-11,15,18H,2,9,12H2,1H3,(H,23,27)/t15-,18+/m0/s1. The number of hydrogen-bond acceptors (Lipinski definition) is 3. The smallest absolute Gasteiger partial charge is 0.255 e. The minimum Gasteiger partial charge on any atom is -0.361 e. The minimum absolute atomic E-state index is 0.198. The van der Waals surface area contributed by atoms with Crippen molar-refractivity contribution in [3.05, 3.63) is 65.7 Å². The second-order valence-electron chi connectivity index (χ2n) is 6.69. The average Bonchev–Trinajstić information content (AvgIpc) is 3.25. The van der Waals surface area contributed by atoms with Gasteiger partial charge in [0.15, 0.2) is 0 Å². The van der Waals surface area contributed by atoms with E-state index in [0.29, 0.717) is 24.0 Å². The normalized spacial score (nSPS) is 19.6. The largest absolute Gasteiger partial charge is 0.361 e.